The lowest BCUT2D eigenvalue weighted by Gasteiger charge is -2.33. The fourth-order valence-electron chi connectivity index (χ4n) is 3.89. The third-order valence-corrected chi connectivity index (χ3v) is 5.67. The summed E-state index contributed by atoms with van der Waals surface area (Å²) in [6.07, 6.45) is 1.89. The maximum Gasteiger partial charge on any atom is 0.225 e. The highest BCUT2D eigenvalue weighted by atomic mass is 16.5. The summed E-state index contributed by atoms with van der Waals surface area (Å²) in [6.45, 7) is 7.39. The minimum atomic E-state index is -0.0186. The molecule has 0 aliphatic carbocycles. The molecule has 1 N–H and O–H groups in total. The van der Waals surface area contributed by atoms with Gasteiger partial charge in [-0.15, -0.1) is 10.2 Å². The zero-order chi connectivity index (χ0) is 20.1. The summed E-state index contributed by atoms with van der Waals surface area (Å²) in [6, 6.07) is 12.3. The molecule has 1 amide bonds. The van der Waals surface area contributed by atoms with Crippen LogP contribution >= 0.6 is 0 Å². The number of benzene rings is 1. The van der Waals surface area contributed by atoms with Crippen LogP contribution in [0.4, 0.5) is 11.6 Å². The van der Waals surface area contributed by atoms with Crippen LogP contribution in [0.2, 0.25) is 0 Å². The van der Waals surface area contributed by atoms with Crippen molar-refractivity contribution in [1.82, 2.24) is 15.5 Å². The van der Waals surface area contributed by atoms with Gasteiger partial charge in [-0.25, -0.2) is 0 Å². The molecule has 3 heterocycles. The number of piperidine rings is 1. The van der Waals surface area contributed by atoms with E-state index in [1.807, 2.05) is 12.1 Å². The molecular formula is C22H29N5O2. The van der Waals surface area contributed by atoms with E-state index < -0.39 is 0 Å². The number of nitrogens with zero attached hydrogens (tertiary/aromatic N) is 4. The van der Waals surface area contributed by atoms with Crippen molar-refractivity contribution < 1.29 is 9.53 Å². The van der Waals surface area contributed by atoms with E-state index in [2.05, 4.69) is 56.5 Å². The molecule has 2 fully saturated rings. The summed E-state index contributed by atoms with van der Waals surface area (Å²) in [5.74, 6) is 1.84. The topological polar surface area (TPSA) is 70.6 Å². The lowest BCUT2D eigenvalue weighted by atomic mass is 9.97. The van der Waals surface area contributed by atoms with Gasteiger partial charge in [-0.1, -0.05) is 29.8 Å². The standard InChI is InChI=1S/C22H29N5O2/c1-17-4-6-18(7-5-17)15-23-22(28)19-3-2-10-27(16-19)21-9-8-20(24-25-21)26-11-13-29-14-12-26/h4-9,19H,2-3,10-16H2,1H3,(H,23,28). The molecule has 2 aromatic rings. The molecule has 4 rings (SSSR count). The lowest BCUT2D eigenvalue weighted by molar-refractivity contribution is -0.125. The summed E-state index contributed by atoms with van der Waals surface area (Å²) in [4.78, 5) is 17.1. The number of carbonyl (C=O) groups is 1. The number of carbonyl (C=O) groups excluding carboxylic acids is 1. The average molecular weight is 396 g/mol. The SMILES string of the molecule is Cc1ccc(CNC(=O)C2CCCN(c3ccc(N4CCOCC4)nn3)C2)cc1. The average Bonchev–Trinajstić information content (AvgIpc) is 2.79. The van der Waals surface area contributed by atoms with Gasteiger partial charge in [0, 0.05) is 32.7 Å². The van der Waals surface area contributed by atoms with E-state index in [0.29, 0.717) is 13.1 Å². The quantitative estimate of drug-likeness (QED) is 0.837. The number of morpholine rings is 1. The van der Waals surface area contributed by atoms with Crippen LogP contribution in [0.5, 0.6) is 0 Å². The summed E-state index contributed by atoms with van der Waals surface area (Å²) in [5.41, 5.74) is 2.35. The second-order valence-corrected chi connectivity index (χ2v) is 7.84. The predicted molar refractivity (Wildman–Crippen MR) is 113 cm³/mol. The summed E-state index contributed by atoms with van der Waals surface area (Å²) < 4.78 is 5.39. The van der Waals surface area contributed by atoms with Gasteiger partial charge >= 0.3 is 0 Å². The highest BCUT2D eigenvalue weighted by Crippen LogP contribution is 2.23. The van der Waals surface area contributed by atoms with Crippen molar-refractivity contribution in [3.63, 3.8) is 0 Å². The number of aromatic nitrogens is 2. The van der Waals surface area contributed by atoms with Crippen molar-refractivity contribution >= 4 is 17.5 Å². The van der Waals surface area contributed by atoms with Crippen molar-refractivity contribution in [3.8, 4) is 0 Å². The van der Waals surface area contributed by atoms with Gasteiger partial charge in [0.15, 0.2) is 11.6 Å². The summed E-state index contributed by atoms with van der Waals surface area (Å²) >= 11 is 0. The van der Waals surface area contributed by atoms with Crippen LogP contribution in [0, 0.1) is 12.8 Å². The van der Waals surface area contributed by atoms with E-state index >= 15 is 0 Å². The van der Waals surface area contributed by atoms with Crippen LogP contribution in [-0.2, 0) is 16.1 Å². The van der Waals surface area contributed by atoms with Crippen LogP contribution in [0.3, 0.4) is 0 Å². The Labute approximate surface area is 172 Å². The maximum absolute atomic E-state index is 12.7. The Kier molecular flexibility index (Phi) is 6.24. The van der Waals surface area contributed by atoms with Crippen molar-refractivity contribution in [2.24, 2.45) is 5.92 Å². The van der Waals surface area contributed by atoms with E-state index in [1.165, 1.54) is 5.56 Å². The third kappa shape index (κ3) is 5.03. The highest BCUT2D eigenvalue weighted by molar-refractivity contribution is 5.79. The molecule has 0 saturated carbocycles. The number of nitrogens with one attached hydrogen (secondary N) is 1. The molecule has 0 bridgehead atoms. The molecule has 2 saturated heterocycles. The predicted octanol–water partition coefficient (Wildman–Crippen LogP) is 2.15. The molecule has 2 aliphatic rings. The zero-order valence-corrected chi connectivity index (χ0v) is 17.0. The largest absolute Gasteiger partial charge is 0.378 e. The number of amides is 1. The van der Waals surface area contributed by atoms with Gasteiger partial charge in [-0.3, -0.25) is 4.79 Å². The molecule has 1 aromatic carbocycles. The van der Waals surface area contributed by atoms with Gasteiger partial charge in [-0.2, -0.15) is 0 Å². The van der Waals surface area contributed by atoms with Crippen LogP contribution in [0.25, 0.3) is 0 Å². The third-order valence-electron chi connectivity index (χ3n) is 5.67. The molecule has 1 aromatic heterocycles. The van der Waals surface area contributed by atoms with Crippen LogP contribution < -0.4 is 15.1 Å². The Balaban J connectivity index is 1.32. The molecule has 2 aliphatic heterocycles. The lowest BCUT2D eigenvalue weighted by Crippen LogP contribution is -2.43. The van der Waals surface area contributed by atoms with Gasteiger partial charge in [0.2, 0.25) is 5.91 Å². The number of hydrogen-bond acceptors (Lipinski definition) is 6. The molecule has 154 valence electrons. The molecule has 7 heteroatoms. The van der Waals surface area contributed by atoms with Gasteiger partial charge in [0.25, 0.3) is 0 Å². The first-order valence-corrected chi connectivity index (χ1v) is 10.4. The van der Waals surface area contributed by atoms with Crippen molar-refractivity contribution in [1.29, 1.82) is 0 Å². The van der Waals surface area contributed by atoms with E-state index in [-0.39, 0.29) is 11.8 Å². The van der Waals surface area contributed by atoms with Gasteiger partial charge in [0.1, 0.15) is 0 Å². The van der Waals surface area contributed by atoms with Crippen molar-refractivity contribution in [3.05, 3.63) is 47.5 Å². The summed E-state index contributed by atoms with van der Waals surface area (Å²) in [7, 11) is 0. The fraction of sp³-hybridized carbons (Fsp3) is 0.500. The van der Waals surface area contributed by atoms with E-state index in [4.69, 9.17) is 4.74 Å². The maximum atomic E-state index is 12.7. The Morgan fingerprint density at radius 2 is 1.72 bits per heavy atom. The smallest absolute Gasteiger partial charge is 0.225 e. The number of aryl methyl sites for hydroxylation is 1. The second-order valence-electron chi connectivity index (χ2n) is 7.84. The van der Waals surface area contributed by atoms with E-state index in [1.54, 1.807) is 0 Å². The van der Waals surface area contributed by atoms with Crippen molar-refractivity contribution in [2.45, 2.75) is 26.3 Å². The van der Waals surface area contributed by atoms with Crippen molar-refractivity contribution in [2.75, 3.05) is 49.2 Å². The molecule has 0 spiro atoms. The highest BCUT2D eigenvalue weighted by Gasteiger charge is 2.26. The van der Waals surface area contributed by atoms with Crippen LogP contribution in [-0.4, -0.2) is 55.5 Å². The normalized spacial score (nSPS) is 19.8. The van der Waals surface area contributed by atoms with Crippen LogP contribution in [0.15, 0.2) is 36.4 Å². The first-order chi connectivity index (χ1) is 14.2. The first-order valence-electron chi connectivity index (χ1n) is 10.4. The van der Waals surface area contributed by atoms with E-state index in [9.17, 15) is 4.79 Å². The Morgan fingerprint density at radius 3 is 2.41 bits per heavy atom. The minimum absolute atomic E-state index is 0.0186. The molecule has 7 nitrogen and oxygen atoms in total. The Morgan fingerprint density at radius 1 is 1.03 bits per heavy atom. The molecule has 1 atom stereocenters. The number of hydrogen-bond donors (Lipinski definition) is 1. The number of ether oxygens (including phenoxy) is 1. The Bertz CT molecular complexity index is 803. The monoisotopic (exact) mass is 395 g/mol. The number of anilines is 2. The molecule has 0 radical (unpaired) electrons. The zero-order valence-electron chi connectivity index (χ0n) is 17.0. The summed E-state index contributed by atoms with van der Waals surface area (Å²) in [5, 5.41) is 11.9. The second kappa shape index (κ2) is 9.22. The van der Waals surface area contributed by atoms with Crippen LogP contribution in [0.1, 0.15) is 24.0 Å². The van der Waals surface area contributed by atoms with Gasteiger partial charge in [-0.05, 0) is 37.5 Å². The molecule has 1 unspecified atom stereocenters. The van der Waals surface area contributed by atoms with Gasteiger partial charge in [0.05, 0.1) is 19.1 Å². The minimum Gasteiger partial charge on any atom is -0.378 e. The number of rotatable bonds is 5. The fourth-order valence-corrected chi connectivity index (χ4v) is 3.89. The Hall–Kier alpha value is -2.67. The van der Waals surface area contributed by atoms with Gasteiger partial charge < -0.3 is 19.9 Å². The first kappa shape index (κ1) is 19.6. The van der Waals surface area contributed by atoms with E-state index in [0.717, 1.165) is 62.9 Å². The molecule has 29 heavy (non-hydrogen) atoms. The molecular weight excluding hydrogens is 366 g/mol.